The summed E-state index contributed by atoms with van der Waals surface area (Å²) in [6.07, 6.45) is 1.23. The molecule has 0 aliphatic rings. The first-order valence-electron chi connectivity index (χ1n) is 5.68. The summed E-state index contributed by atoms with van der Waals surface area (Å²) in [5.74, 6) is 0. The van der Waals surface area contributed by atoms with Crippen LogP contribution in [0.2, 0.25) is 10.0 Å². The van der Waals surface area contributed by atoms with Gasteiger partial charge >= 0.3 is 0 Å². The summed E-state index contributed by atoms with van der Waals surface area (Å²) in [7, 11) is 0. The monoisotopic (exact) mass is 316 g/mol. The average molecular weight is 317 g/mol. The number of aliphatic hydroxyl groups excluding tert-OH is 1. The molecule has 0 aliphatic carbocycles. The van der Waals surface area contributed by atoms with Crippen LogP contribution in [0.5, 0.6) is 0 Å². The van der Waals surface area contributed by atoms with E-state index < -0.39 is 11.0 Å². The van der Waals surface area contributed by atoms with Crippen LogP contribution in [0.15, 0.2) is 18.3 Å². The van der Waals surface area contributed by atoms with Crippen molar-refractivity contribution in [3.63, 3.8) is 0 Å². The molecule has 0 spiro atoms. The van der Waals surface area contributed by atoms with Crippen LogP contribution < -0.4 is 0 Å². The molecule has 0 fully saturated rings. The molecule has 7 nitrogen and oxygen atoms in total. The van der Waals surface area contributed by atoms with Gasteiger partial charge < -0.3 is 5.11 Å². The van der Waals surface area contributed by atoms with E-state index in [0.717, 1.165) is 0 Å². The van der Waals surface area contributed by atoms with Crippen LogP contribution >= 0.6 is 23.2 Å². The number of nitro groups is 1. The maximum Gasteiger partial charge on any atom is 0.272 e. The van der Waals surface area contributed by atoms with Crippen LogP contribution in [0.1, 0.15) is 25.1 Å². The van der Waals surface area contributed by atoms with E-state index >= 15 is 0 Å². The molecule has 20 heavy (non-hydrogen) atoms. The number of rotatable bonds is 4. The molecule has 1 atom stereocenters. The Morgan fingerprint density at radius 1 is 1.45 bits per heavy atom. The lowest BCUT2D eigenvalue weighted by molar-refractivity contribution is -0.384. The largest absolute Gasteiger partial charge is 0.387 e. The van der Waals surface area contributed by atoms with Crippen molar-refractivity contribution >= 4 is 28.9 Å². The van der Waals surface area contributed by atoms with E-state index in [1.54, 1.807) is 6.92 Å². The number of non-ortho nitro benzene ring substituents is 1. The van der Waals surface area contributed by atoms with E-state index in [1.807, 2.05) is 0 Å². The van der Waals surface area contributed by atoms with Gasteiger partial charge in [0, 0.05) is 12.1 Å². The van der Waals surface area contributed by atoms with E-state index in [4.69, 9.17) is 23.2 Å². The van der Waals surface area contributed by atoms with Crippen LogP contribution in [0.3, 0.4) is 0 Å². The van der Waals surface area contributed by atoms with E-state index in [-0.39, 0.29) is 21.4 Å². The van der Waals surface area contributed by atoms with Crippen LogP contribution in [0.4, 0.5) is 5.69 Å². The molecule has 1 unspecified atom stereocenters. The molecular weight excluding hydrogens is 307 g/mol. The predicted molar refractivity (Wildman–Crippen MR) is 73.3 cm³/mol. The van der Waals surface area contributed by atoms with Crippen molar-refractivity contribution in [1.82, 2.24) is 15.0 Å². The summed E-state index contributed by atoms with van der Waals surface area (Å²) in [6.45, 7) is 1.80. The summed E-state index contributed by atoms with van der Waals surface area (Å²) in [5, 5.41) is 28.2. The highest BCUT2D eigenvalue weighted by atomic mass is 35.5. The minimum atomic E-state index is -0.737. The van der Waals surface area contributed by atoms with Crippen LogP contribution in [-0.4, -0.2) is 25.0 Å². The Morgan fingerprint density at radius 2 is 2.05 bits per heavy atom. The average Bonchev–Trinajstić information content (AvgIpc) is 2.86. The van der Waals surface area contributed by atoms with Gasteiger partial charge in [0.1, 0.15) is 11.4 Å². The highest BCUT2D eigenvalue weighted by molar-refractivity contribution is 6.38. The second-order valence-electron chi connectivity index (χ2n) is 4.03. The van der Waals surface area contributed by atoms with Gasteiger partial charge in [0.2, 0.25) is 0 Å². The molecule has 2 aromatic rings. The molecule has 1 heterocycles. The third kappa shape index (κ3) is 2.74. The summed E-state index contributed by atoms with van der Waals surface area (Å²) in [6, 6.07) is 2.36. The fourth-order valence-corrected chi connectivity index (χ4v) is 2.27. The molecule has 0 saturated carbocycles. The SMILES string of the molecule is CCC(O)c1cn(-c2c(Cl)cc([N+](=O)[O-])cc2Cl)nn1. The topological polar surface area (TPSA) is 94.1 Å². The lowest BCUT2D eigenvalue weighted by atomic mass is 10.2. The molecule has 0 saturated heterocycles. The third-order valence-corrected chi connectivity index (χ3v) is 3.26. The molecule has 1 N–H and O–H groups in total. The number of aromatic nitrogens is 3. The minimum absolute atomic E-state index is 0.0756. The standard InChI is InChI=1S/C11H10Cl2N4O3/c1-2-10(18)9-5-16(15-14-9)11-7(12)3-6(17(19)20)4-8(11)13/h3-5,10,18H,2H2,1H3. The normalized spacial score (nSPS) is 12.4. The van der Waals surface area contributed by atoms with Crippen molar-refractivity contribution in [2.24, 2.45) is 0 Å². The number of halogens is 2. The maximum atomic E-state index is 10.7. The van der Waals surface area contributed by atoms with Crippen molar-refractivity contribution < 1.29 is 10.0 Å². The Hall–Kier alpha value is -1.70. The molecule has 1 aromatic heterocycles. The fraction of sp³-hybridized carbons (Fsp3) is 0.273. The second-order valence-corrected chi connectivity index (χ2v) is 4.84. The lowest BCUT2D eigenvalue weighted by Gasteiger charge is -2.06. The Bertz CT molecular complexity index is 636. The Labute approximate surface area is 123 Å². The molecule has 0 aliphatic heterocycles. The van der Waals surface area contributed by atoms with Gasteiger partial charge in [-0.1, -0.05) is 35.3 Å². The summed E-state index contributed by atoms with van der Waals surface area (Å²) < 4.78 is 1.28. The van der Waals surface area contributed by atoms with Crippen LogP contribution in [0.25, 0.3) is 5.69 Å². The number of nitrogens with zero attached hydrogens (tertiary/aromatic N) is 4. The predicted octanol–water partition coefficient (Wildman–Crippen LogP) is 2.93. The smallest absolute Gasteiger partial charge is 0.272 e. The second kappa shape index (κ2) is 5.74. The van der Waals surface area contributed by atoms with Crippen LogP contribution in [0, 0.1) is 10.1 Å². The highest BCUT2D eigenvalue weighted by Crippen LogP contribution is 2.33. The summed E-state index contributed by atoms with van der Waals surface area (Å²) >= 11 is 12.0. The number of aliphatic hydroxyl groups is 1. The van der Waals surface area contributed by atoms with Crippen molar-refractivity contribution in [3.05, 3.63) is 44.2 Å². The van der Waals surface area contributed by atoms with E-state index in [9.17, 15) is 15.2 Å². The molecular formula is C11H10Cl2N4O3. The van der Waals surface area contributed by atoms with Crippen molar-refractivity contribution in [1.29, 1.82) is 0 Å². The minimum Gasteiger partial charge on any atom is -0.387 e. The van der Waals surface area contributed by atoms with Gasteiger partial charge in [0.15, 0.2) is 0 Å². The van der Waals surface area contributed by atoms with Gasteiger partial charge in [0.05, 0.1) is 27.3 Å². The quantitative estimate of drug-likeness (QED) is 0.691. The zero-order chi connectivity index (χ0) is 14.9. The molecule has 0 radical (unpaired) electrons. The van der Waals surface area contributed by atoms with E-state index in [2.05, 4.69) is 10.3 Å². The zero-order valence-corrected chi connectivity index (χ0v) is 11.8. The number of hydrogen-bond acceptors (Lipinski definition) is 5. The lowest BCUT2D eigenvalue weighted by Crippen LogP contribution is -1.99. The summed E-state index contributed by atoms with van der Waals surface area (Å²) in [5.41, 5.74) is 0.441. The van der Waals surface area contributed by atoms with Crippen molar-refractivity contribution in [3.8, 4) is 5.69 Å². The Balaban J connectivity index is 2.48. The first kappa shape index (κ1) is 14.7. The molecule has 0 bridgehead atoms. The zero-order valence-electron chi connectivity index (χ0n) is 10.3. The first-order valence-corrected chi connectivity index (χ1v) is 6.43. The molecule has 9 heteroatoms. The Morgan fingerprint density at radius 3 is 2.55 bits per heavy atom. The third-order valence-electron chi connectivity index (χ3n) is 2.68. The molecule has 106 valence electrons. The number of benzene rings is 1. The van der Waals surface area contributed by atoms with Crippen molar-refractivity contribution in [2.45, 2.75) is 19.4 Å². The fourth-order valence-electron chi connectivity index (χ4n) is 1.62. The molecule has 2 rings (SSSR count). The van der Waals surface area contributed by atoms with Gasteiger partial charge in [-0.2, -0.15) is 0 Å². The number of hydrogen-bond donors (Lipinski definition) is 1. The van der Waals surface area contributed by atoms with Gasteiger partial charge in [-0.3, -0.25) is 10.1 Å². The van der Waals surface area contributed by atoms with E-state index in [1.165, 1.54) is 23.0 Å². The van der Waals surface area contributed by atoms with Gasteiger partial charge in [-0.05, 0) is 6.42 Å². The summed E-state index contributed by atoms with van der Waals surface area (Å²) in [4.78, 5) is 10.1. The van der Waals surface area contributed by atoms with Gasteiger partial charge in [-0.15, -0.1) is 5.10 Å². The van der Waals surface area contributed by atoms with Gasteiger partial charge in [0.25, 0.3) is 5.69 Å². The highest BCUT2D eigenvalue weighted by Gasteiger charge is 2.18. The first-order chi connectivity index (χ1) is 9.43. The number of nitro benzene ring substituents is 1. The van der Waals surface area contributed by atoms with E-state index in [0.29, 0.717) is 12.1 Å². The Kier molecular flexibility index (Phi) is 4.22. The molecule has 0 amide bonds. The van der Waals surface area contributed by atoms with Gasteiger partial charge in [-0.25, -0.2) is 4.68 Å². The molecule has 1 aromatic carbocycles. The van der Waals surface area contributed by atoms with Crippen LogP contribution in [-0.2, 0) is 0 Å². The van der Waals surface area contributed by atoms with Crippen molar-refractivity contribution in [2.75, 3.05) is 0 Å². The maximum absolute atomic E-state index is 10.7.